The topological polar surface area (TPSA) is 46.4 Å². The molecule has 1 unspecified atom stereocenters. The second-order valence-corrected chi connectivity index (χ2v) is 7.92. The molecule has 0 saturated heterocycles. The molecule has 0 aliphatic rings. The van der Waals surface area contributed by atoms with Crippen molar-refractivity contribution in [2.75, 3.05) is 0 Å². The lowest BCUT2D eigenvalue weighted by atomic mass is 10.0. The minimum Gasteiger partial charge on any atom is -0.300 e. The van der Waals surface area contributed by atoms with Crippen LogP contribution in [0.15, 0.2) is 71.0 Å². The first-order chi connectivity index (χ1) is 13.6. The van der Waals surface area contributed by atoms with Gasteiger partial charge in [0.15, 0.2) is 0 Å². The van der Waals surface area contributed by atoms with Crippen LogP contribution in [0.2, 0.25) is 0 Å². The van der Waals surface area contributed by atoms with Crippen molar-refractivity contribution < 1.29 is 0 Å². The van der Waals surface area contributed by atoms with E-state index in [4.69, 9.17) is 0 Å². The highest BCUT2D eigenvalue weighted by Crippen LogP contribution is 2.26. The summed E-state index contributed by atoms with van der Waals surface area (Å²) in [5.41, 5.74) is 4.96. The molecule has 142 valence electrons. The molecule has 4 aromatic rings. The highest BCUT2D eigenvalue weighted by atomic mass is 32.1. The molecule has 0 saturated carbocycles. The normalized spacial score (nSPS) is 12.4. The molecular formula is C23H23N3OS. The lowest BCUT2D eigenvalue weighted by molar-refractivity contribution is 0.603. The maximum atomic E-state index is 12.5. The number of nitrogens with zero attached hydrogens (tertiary/aromatic N) is 2. The van der Waals surface area contributed by atoms with Crippen LogP contribution < -0.4 is 10.9 Å². The number of rotatable bonds is 6. The molecule has 4 nitrogen and oxygen atoms in total. The Morgan fingerprint density at radius 2 is 1.96 bits per heavy atom. The van der Waals surface area contributed by atoms with Crippen molar-refractivity contribution in [3.63, 3.8) is 0 Å². The van der Waals surface area contributed by atoms with Gasteiger partial charge in [-0.15, -0.1) is 11.3 Å². The Hall–Kier alpha value is -2.76. The average Bonchev–Trinajstić information content (AvgIpc) is 3.24. The van der Waals surface area contributed by atoms with Gasteiger partial charge in [0.25, 0.3) is 5.56 Å². The third-order valence-electron chi connectivity index (χ3n) is 4.90. The summed E-state index contributed by atoms with van der Waals surface area (Å²) in [6.07, 6.45) is 2.85. The molecule has 28 heavy (non-hydrogen) atoms. The fourth-order valence-electron chi connectivity index (χ4n) is 3.34. The molecule has 0 spiro atoms. The quantitative estimate of drug-likeness (QED) is 0.528. The van der Waals surface area contributed by atoms with E-state index in [1.807, 2.05) is 25.3 Å². The highest BCUT2D eigenvalue weighted by Gasteiger charge is 2.15. The average molecular weight is 390 g/mol. The van der Waals surface area contributed by atoms with Crippen molar-refractivity contribution in [2.45, 2.75) is 32.9 Å². The van der Waals surface area contributed by atoms with Gasteiger partial charge in [-0.1, -0.05) is 43.3 Å². The van der Waals surface area contributed by atoms with Crippen molar-refractivity contribution in [1.29, 1.82) is 0 Å². The van der Waals surface area contributed by atoms with Gasteiger partial charge in [0, 0.05) is 23.7 Å². The molecule has 4 rings (SSSR count). The van der Waals surface area contributed by atoms with Gasteiger partial charge in [-0.2, -0.15) is 0 Å². The molecule has 1 aromatic carbocycles. The summed E-state index contributed by atoms with van der Waals surface area (Å²) in [4.78, 5) is 18.4. The zero-order valence-electron chi connectivity index (χ0n) is 16.1. The number of hydrogen-bond donors (Lipinski definition) is 1. The van der Waals surface area contributed by atoms with Crippen LogP contribution in [0.3, 0.4) is 0 Å². The Bertz CT molecular complexity index is 1130. The second-order valence-electron chi connectivity index (χ2n) is 6.94. The smallest absolute Gasteiger partial charge is 0.258 e. The molecule has 0 amide bonds. The standard InChI is InChI=1S/C23H23N3OS/c1-3-17-7-9-18(10-8-17)23(20-5-4-12-28-20)24-14-19-13-22(27)26-15-16(2)6-11-21(26)25-19/h4-13,15,23-24H,3,14H2,1-2H3. The van der Waals surface area contributed by atoms with Gasteiger partial charge < -0.3 is 0 Å². The van der Waals surface area contributed by atoms with E-state index in [1.165, 1.54) is 16.0 Å². The van der Waals surface area contributed by atoms with Crippen LogP contribution in [-0.2, 0) is 13.0 Å². The van der Waals surface area contributed by atoms with Gasteiger partial charge >= 0.3 is 0 Å². The van der Waals surface area contributed by atoms with Crippen LogP contribution in [0.4, 0.5) is 0 Å². The third-order valence-corrected chi connectivity index (χ3v) is 5.83. The number of fused-ring (bicyclic) bond motifs is 1. The van der Waals surface area contributed by atoms with Gasteiger partial charge in [0.1, 0.15) is 5.65 Å². The van der Waals surface area contributed by atoms with Crippen molar-refractivity contribution in [2.24, 2.45) is 0 Å². The van der Waals surface area contributed by atoms with Crippen LogP contribution in [0.25, 0.3) is 5.65 Å². The zero-order valence-corrected chi connectivity index (χ0v) is 16.9. The Morgan fingerprint density at radius 1 is 1.14 bits per heavy atom. The molecule has 0 bridgehead atoms. The minimum absolute atomic E-state index is 0.0505. The Labute approximate surface area is 168 Å². The van der Waals surface area contributed by atoms with Gasteiger partial charge in [0.2, 0.25) is 0 Å². The largest absolute Gasteiger partial charge is 0.300 e. The third kappa shape index (κ3) is 3.91. The van der Waals surface area contributed by atoms with Gasteiger partial charge in [-0.25, -0.2) is 4.98 Å². The number of aryl methyl sites for hydroxylation is 2. The minimum atomic E-state index is -0.0505. The predicted octanol–water partition coefficient (Wildman–Crippen LogP) is 4.51. The van der Waals surface area contributed by atoms with E-state index in [0.29, 0.717) is 12.2 Å². The van der Waals surface area contributed by atoms with E-state index in [9.17, 15) is 4.79 Å². The molecule has 0 aliphatic heterocycles. The van der Waals surface area contributed by atoms with Gasteiger partial charge in [-0.3, -0.25) is 14.5 Å². The van der Waals surface area contributed by atoms with Crippen LogP contribution >= 0.6 is 11.3 Å². The number of pyridine rings is 1. The summed E-state index contributed by atoms with van der Waals surface area (Å²) in [5.74, 6) is 0. The molecule has 3 aromatic heterocycles. The number of hydrogen-bond acceptors (Lipinski definition) is 4. The molecule has 1 N–H and O–H groups in total. The van der Waals surface area contributed by atoms with Crippen molar-refractivity contribution in [1.82, 2.24) is 14.7 Å². The first-order valence-electron chi connectivity index (χ1n) is 9.48. The fourth-order valence-corrected chi connectivity index (χ4v) is 4.17. The van der Waals surface area contributed by atoms with Crippen molar-refractivity contribution in [3.05, 3.63) is 104 Å². The summed E-state index contributed by atoms with van der Waals surface area (Å²) >= 11 is 1.73. The summed E-state index contributed by atoms with van der Waals surface area (Å²) in [6.45, 7) is 4.66. The lowest BCUT2D eigenvalue weighted by Gasteiger charge is -2.18. The maximum Gasteiger partial charge on any atom is 0.258 e. The molecular weight excluding hydrogens is 366 g/mol. The zero-order chi connectivity index (χ0) is 19.5. The van der Waals surface area contributed by atoms with Gasteiger partial charge in [-0.05, 0) is 47.5 Å². The van der Waals surface area contributed by atoms with E-state index >= 15 is 0 Å². The Balaban J connectivity index is 1.62. The number of thiophene rings is 1. The lowest BCUT2D eigenvalue weighted by Crippen LogP contribution is -2.24. The van der Waals surface area contributed by atoms with Crippen LogP contribution in [0, 0.1) is 6.92 Å². The van der Waals surface area contributed by atoms with E-state index in [0.717, 1.165) is 17.7 Å². The van der Waals surface area contributed by atoms with Crippen LogP contribution in [0.1, 0.15) is 40.2 Å². The molecule has 5 heteroatoms. The molecule has 0 radical (unpaired) electrons. The van der Waals surface area contributed by atoms with Crippen molar-refractivity contribution >= 4 is 17.0 Å². The van der Waals surface area contributed by atoms with E-state index in [2.05, 4.69) is 59.0 Å². The monoisotopic (exact) mass is 389 g/mol. The number of benzene rings is 1. The second kappa shape index (κ2) is 8.09. The highest BCUT2D eigenvalue weighted by molar-refractivity contribution is 7.10. The summed E-state index contributed by atoms with van der Waals surface area (Å²) in [5, 5.41) is 5.69. The first kappa shape index (κ1) is 18.6. The summed E-state index contributed by atoms with van der Waals surface area (Å²) in [7, 11) is 0. The predicted molar refractivity (Wildman–Crippen MR) is 115 cm³/mol. The number of nitrogens with one attached hydrogen (secondary N) is 1. The van der Waals surface area contributed by atoms with Crippen molar-refractivity contribution in [3.8, 4) is 0 Å². The van der Waals surface area contributed by atoms with E-state index in [-0.39, 0.29) is 11.6 Å². The first-order valence-corrected chi connectivity index (χ1v) is 10.4. The Kier molecular flexibility index (Phi) is 5.37. The SMILES string of the molecule is CCc1ccc(C(NCc2cc(=O)n3cc(C)ccc3n2)c2cccs2)cc1. The molecule has 0 aliphatic carbocycles. The van der Waals surface area contributed by atoms with Crippen LogP contribution in [-0.4, -0.2) is 9.38 Å². The van der Waals surface area contributed by atoms with E-state index < -0.39 is 0 Å². The summed E-state index contributed by atoms with van der Waals surface area (Å²) < 4.78 is 1.60. The fraction of sp³-hybridized carbons (Fsp3) is 0.217. The molecule has 3 heterocycles. The maximum absolute atomic E-state index is 12.5. The molecule has 1 atom stereocenters. The summed E-state index contributed by atoms with van der Waals surface area (Å²) in [6, 6.07) is 18.5. The number of aromatic nitrogens is 2. The van der Waals surface area contributed by atoms with E-state index in [1.54, 1.807) is 21.8 Å². The van der Waals surface area contributed by atoms with Gasteiger partial charge in [0.05, 0.1) is 11.7 Å². The molecule has 0 fully saturated rings. The Morgan fingerprint density at radius 3 is 2.68 bits per heavy atom. The van der Waals surface area contributed by atoms with Crippen LogP contribution in [0.5, 0.6) is 0 Å².